The predicted molar refractivity (Wildman–Crippen MR) is 140 cm³/mol. The molecule has 2 aromatic heterocycles. The largest absolute Gasteiger partial charge is 0.494 e. The van der Waals surface area contributed by atoms with Crippen molar-refractivity contribution in [1.82, 2.24) is 10.2 Å². The highest BCUT2D eigenvalue weighted by molar-refractivity contribution is 8.00. The lowest BCUT2D eigenvalue weighted by Gasteiger charge is -2.05. The summed E-state index contributed by atoms with van der Waals surface area (Å²) in [5.41, 5.74) is 0.962. The van der Waals surface area contributed by atoms with Gasteiger partial charge < -0.3 is 9.15 Å². The maximum Gasteiger partial charge on any atom is 0.284 e. The third-order valence-corrected chi connectivity index (χ3v) is 6.90. The quantitative estimate of drug-likeness (QED) is 0.0653. The lowest BCUT2D eigenvalue weighted by atomic mass is 10.1. The third kappa shape index (κ3) is 6.60. The highest BCUT2D eigenvalue weighted by Crippen LogP contribution is 2.35. The maximum absolute atomic E-state index is 12.6. The topological polar surface area (TPSA) is 144 Å². The summed E-state index contributed by atoms with van der Waals surface area (Å²) in [5.74, 6) is 0.791. The van der Waals surface area contributed by atoms with Gasteiger partial charge in [-0.15, -0.1) is 10.2 Å². The van der Waals surface area contributed by atoms with Crippen LogP contribution in [0.15, 0.2) is 75.0 Å². The van der Waals surface area contributed by atoms with Gasteiger partial charge in [0.1, 0.15) is 28.9 Å². The monoisotopic (exact) mass is 533 g/mol. The number of furan rings is 1. The van der Waals surface area contributed by atoms with Gasteiger partial charge in [0.15, 0.2) is 4.34 Å². The van der Waals surface area contributed by atoms with E-state index in [1.807, 2.05) is 36.4 Å². The number of benzene rings is 2. The van der Waals surface area contributed by atoms with Gasteiger partial charge in [-0.1, -0.05) is 53.4 Å². The van der Waals surface area contributed by atoms with E-state index >= 15 is 0 Å². The van der Waals surface area contributed by atoms with E-state index in [9.17, 15) is 20.2 Å². The summed E-state index contributed by atoms with van der Waals surface area (Å²) in [6.07, 6.45) is 1.26. The smallest absolute Gasteiger partial charge is 0.284 e. The van der Waals surface area contributed by atoms with Gasteiger partial charge in [-0.3, -0.25) is 20.2 Å². The van der Waals surface area contributed by atoms with Crippen molar-refractivity contribution in [2.24, 2.45) is 0 Å². The molecule has 0 spiro atoms. The van der Waals surface area contributed by atoms with Gasteiger partial charge in [0.25, 0.3) is 11.6 Å². The van der Waals surface area contributed by atoms with Crippen LogP contribution in [0.3, 0.4) is 0 Å². The zero-order valence-electron chi connectivity index (χ0n) is 19.4. The molecular weight excluding hydrogens is 514 g/mol. The van der Waals surface area contributed by atoms with Crippen LogP contribution in [0.4, 0.5) is 10.8 Å². The first-order chi connectivity index (χ1) is 18.0. The van der Waals surface area contributed by atoms with E-state index in [1.165, 1.54) is 53.4 Å². The zero-order valence-corrected chi connectivity index (χ0v) is 21.0. The molecule has 12 heteroatoms. The van der Waals surface area contributed by atoms with Crippen molar-refractivity contribution in [3.05, 3.63) is 87.7 Å². The molecule has 0 radical (unpaired) electrons. The van der Waals surface area contributed by atoms with Crippen LogP contribution in [-0.2, 0) is 10.5 Å². The summed E-state index contributed by atoms with van der Waals surface area (Å²) in [7, 11) is 0. The molecule has 4 aromatic rings. The molecule has 0 aliphatic heterocycles. The van der Waals surface area contributed by atoms with Crippen LogP contribution in [0.5, 0.6) is 5.75 Å². The van der Waals surface area contributed by atoms with Crippen LogP contribution >= 0.6 is 23.1 Å². The van der Waals surface area contributed by atoms with Gasteiger partial charge >= 0.3 is 0 Å². The van der Waals surface area contributed by atoms with Gasteiger partial charge in [-0.05, 0) is 36.8 Å². The minimum Gasteiger partial charge on any atom is -0.494 e. The highest BCUT2D eigenvalue weighted by Gasteiger charge is 2.20. The van der Waals surface area contributed by atoms with Crippen molar-refractivity contribution >= 4 is 45.9 Å². The van der Waals surface area contributed by atoms with E-state index in [0.29, 0.717) is 22.4 Å². The molecule has 2 heterocycles. The van der Waals surface area contributed by atoms with Gasteiger partial charge in [0, 0.05) is 11.8 Å². The van der Waals surface area contributed by atoms with Crippen molar-refractivity contribution in [3.8, 4) is 23.1 Å². The molecule has 1 N–H and O–H groups in total. The first-order valence-electron chi connectivity index (χ1n) is 10.9. The van der Waals surface area contributed by atoms with Crippen molar-refractivity contribution < 1.29 is 18.9 Å². The average molecular weight is 534 g/mol. The molecule has 0 atom stereocenters. The minimum absolute atomic E-state index is 0.182. The van der Waals surface area contributed by atoms with E-state index in [4.69, 9.17) is 9.15 Å². The van der Waals surface area contributed by atoms with Crippen LogP contribution in [-0.4, -0.2) is 27.6 Å². The fraction of sp³-hybridized carbons (Fsp3) is 0.120. The number of nitro benzene ring substituents is 1. The summed E-state index contributed by atoms with van der Waals surface area (Å²) >= 11 is 2.69. The Morgan fingerprint density at radius 1 is 1.24 bits per heavy atom. The van der Waals surface area contributed by atoms with Crippen molar-refractivity contribution in [2.75, 3.05) is 11.9 Å². The van der Waals surface area contributed by atoms with Crippen LogP contribution < -0.4 is 10.1 Å². The molecule has 1 amide bonds. The number of nitrogens with zero attached hydrogens (tertiary/aromatic N) is 4. The second-order valence-electron chi connectivity index (χ2n) is 7.34. The molecule has 0 saturated heterocycles. The van der Waals surface area contributed by atoms with Gasteiger partial charge in [-0.25, -0.2) is 0 Å². The molecule has 4 rings (SSSR count). The Kier molecular flexibility index (Phi) is 8.29. The number of hydrogen-bond donors (Lipinski definition) is 1. The van der Waals surface area contributed by atoms with Crippen molar-refractivity contribution in [1.29, 1.82) is 5.26 Å². The highest BCUT2D eigenvalue weighted by atomic mass is 32.2. The second kappa shape index (κ2) is 12.0. The summed E-state index contributed by atoms with van der Waals surface area (Å²) < 4.78 is 11.7. The number of rotatable bonds is 10. The number of aromatic nitrogens is 2. The first kappa shape index (κ1) is 25.6. The number of hydrogen-bond acceptors (Lipinski definition) is 10. The number of carbonyl (C=O) groups is 1. The molecule has 0 saturated carbocycles. The van der Waals surface area contributed by atoms with E-state index < -0.39 is 10.8 Å². The molecule has 10 nitrogen and oxygen atoms in total. The third-order valence-electron chi connectivity index (χ3n) is 4.85. The Bertz CT molecular complexity index is 1490. The number of thioether (sulfide) groups is 1. The van der Waals surface area contributed by atoms with Crippen LogP contribution in [0.2, 0.25) is 0 Å². The lowest BCUT2D eigenvalue weighted by Crippen LogP contribution is -2.13. The number of nitro groups is 1. The number of carbonyl (C=O) groups excluding carboxylic acids is 1. The fourth-order valence-corrected chi connectivity index (χ4v) is 4.90. The number of anilines is 1. The molecule has 0 fully saturated rings. The van der Waals surface area contributed by atoms with E-state index in [1.54, 1.807) is 13.0 Å². The maximum atomic E-state index is 12.6. The molecule has 0 unspecified atom stereocenters. The van der Waals surface area contributed by atoms with Crippen molar-refractivity contribution in [3.63, 3.8) is 0 Å². The molecule has 2 aromatic carbocycles. The average Bonchev–Trinajstić information content (AvgIpc) is 3.56. The van der Waals surface area contributed by atoms with Crippen molar-refractivity contribution in [2.45, 2.75) is 17.0 Å². The molecule has 0 bridgehead atoms. The molecular formula is C25H19N5O5S2. The summed E-state index contributed by atoms with van der Waals surface area (Å²) in [6.45, 7) is 2.15. The van der Waals surface area contributed by atoms with Crippen LogP contribution in [0.1, 0.15) is 18.2 Å². The number of nitrogens with one attached hydrogen (secondary N) is 1. The van der Waals surface area contributed by atoms with E-state index in [-0.39, 0.29) is 33.5 Å². The molecule has 0 aliphatic carbocycles. The molecule has 186 valence electrons. The first-order valence-corrected chi connectivity index (χ1v) is 12.7. The number of amides is 1. The Morgan fingerprint density at radius 2 is 2.05 bits per heavy atom. The van der Waals surface area contributed by atoms with E-state index in [0.717, 1.165) is 5.56 Å². The lowest BCUT2D eigenvalue weighted by molar-refractivity contribution is -0.384. The predicted octanol–water partition coefficient (Wildman–Crippen LogP) is 5.94. The Labute approximate surface area is 219 Å². The fourth-order valence-electron chi connectivity index (χ4n) is 3.20. The Morgan fingerprint density at radius 3 is 2.78 bits per heavy atom. The molecule has 37 heavy (non-hydrogen) atoms. The van der Waals surface area contributed by atoms with Crippen LogP contribution in [0, 0.1) is 21.4 Å². The normalized spacial score (nSPS) is 11.1. The second-order valence-corrected chi connectivity index (χ2v) is 9.54. The Hall–Kier alpha value is -4.47. The zero-order chi connectivity index (χ0) is 26.2. The van der Waals surface area contributed by atoms with E-state index in [2.05, 4.69) is 15.5 Å². The number of ether oxygens (including phenoxy) is 1. The summed E-state index contributed by atoms with van der Waals surface area (Å²) in [4.78, 5) is 23.7. The SMILES string of the molecule is CCOc1ccc(-c2ccc(/C=C(/C#N)C(=O)Nc3nnc(SCc4ccccc4)s3)o2)c([N+](=O)[O-])c1. The summed E-state index contributed by atoms with van der Waals surface area (Å²) in [6, 6.07) is 19.2. The number of nitriles is 1. The molecule has 0 aliphatic rings. The standard InChI is InChI=1S/C25H19N5O5S2/c1-2-34-18-8-10-20(21(13-18)30(32)33)22-11-9-19(35-22)12-17(14-26)23(31)27-24-28-29-25(37-24)36-15-16-6-4-3-5-7-16/h3-13H,2,15H2,1H3,(H,27,28,31)/b17-12-. The van der Waals surface area contributed by atoms with Crippen LogP contribution in [0.25, 0.3) is 17.4 Å². The van der Waals surface area contributed by atoms with Gasteiger partial charge in [0.05, 0.1) is 23.2 Å². The summed E-state index contributed by atoms with van der Waals surface area (Å²) in [5, 5.41) is 31.9. The van der Waals surface area contributed by atoms with Gasteiger partial charge in [0.2, 0.25) is 5.13 Å². The Balaban J connectivity index is 1.45. The minimum atomic E-state index is -0.678. The van der Waals surface area contributed by atoms with Gasteiger partial charge in [-0.2, -0.15) is 5.26 Å².